The van der Waals surface area contributed by atoms with E-state index in [0.29, 0.717) is 10.2 Å². The normalized spacial score (nSPS) is 11.5. The number of anilines is 1. The molecule has 0 spiro atoms. The minimum absolute atomic E-state index is 0.340. The molecule has 0 aromatic heterocycles. The van der Waals surface area contributed by atoms with E-state index in [4.69, 9.17) is 0 Å². The van der Waals surface area contributed by atoms with Crippen molar-refractivity contribution in [3.63, 3.8) is 0 Å². The maximum absolute atomic E-state index is 14.0. The van der Waals surface area contributed by atoms with Gasteiger partial charge in [-0.05, 0) is 43.7 Å². The van der Waals surface area contributed by atoms with E-state index in [-0.39, 0.29) is 4.90 Å². The molecule has 0 unspecified atom stereocenters. The first kappa shape index (κ1) is 16.0. The number of benzene rings is 2. The van der Waals surface area contributed by atoms with Crippen LogP contribution >= 0.6 is 15.9 Å². The summed E-state index contributed by atoms with van der Waals surface area (Å²) in [5, 5.41) is 0. The molecule has 0 amide bonds. The molecule has 2 aromatic carbocycles. The van der Waals surface area contributed by atoms with Crippen molar-refractivity contribution in [2.45, 2.75) is 18.7 Å². The largest absolute Gasteiger partial charge is 0.269 e. The second kappa shape index (κ2) is 5.77. The van der Waals surface area contributed by atoms with Gasteiger partial charge in [0.2, 0.25) is 0 Å². The topological polar surface area (TPSA) is 37.4 Å². The molecule has 0 bridgehead atoms. The zero-order valence-electron chi connectivity index (χ0n) is 11.9. The van der Waals surface area contributed by atoms with Crippen LogP contribution in [0.3, 0.4) is 0 Å². The highest BCUT2D eigenvalue weighted by molar-refractivity contribution is 9.10. The molecular formula is C15H15BrFNO2S. The average Bonchev–Trinajstić information content (AvgIpc) is 2.37. The maximum Gasteiger partial charge on any atom is 0.266 e. The number of rotatable bonds is 3. The SMILES string of the molecule is Cc1ccc(N(C)S(=O)(=O)c2ccc(Br)cc2F)c(C)c1. The van der Waals surface area contributed by atoms with E-state index in [9.17, 15) is 12.8 Å². The van der Waals surface area contributed by atoms with Crippen LogP contribution in [-0.4, -0.2) is 15.5 Å². The van der Waals surface area contributed by atoms with Crippen LogP contribution in [0.4, 0.5) is 10.1 Å². The first-order valence-electron chi connectivity index (χ1n) is 6.24. The van der Waals surface area contributed by atoms with Gasteiger partial charge in [0.15, 0.2) is 0 Å². The van der Waals surface area contributed by atoms with E-state index in [2.05, 4.69) is 15.9 Å². The number of hydrogen-bond acceptors (Lipinski definition) is 2. The van der Waals surface area contributed by atoms with Gasteiger partial charge in [0.05, 0.1) is 5.69 Å². The fourth-order valence-electron chi connectivity index (χ4n) is 2.12. The first-order chi connectivity index (χ1) is 9.73. The lowest BCUT2D eigenvalue weighted by Gasteiger charge is -2.22. The molecule has 0 aliphatic rings. The quantitative estimate of drug-likeness (QED) is 0.816. The van der Waals surface area contributed by atoms with Gasteiger partial charge in [-0.3, -0.25) is 4.31 Å². The van der Waals surface area contributed by atoms with Gasteiger partial charge in [-0.2, -0.15) is 0 Å². The van der Waals surface area contributed by atoms with E-state index in [0.717, 1.165) is 21.5 Å². The minimum Gasteiger partial charge on any atom is -0.269 e. The van der Waals surface area contributed by atoms with Crippen molar-refractivity contribution in [3.8, 4) is 0 Å². The summed E-state index contributed by atoms with van der Waals surface area (Å²) in [5.74, 6) is -0.777. The molecule has 0 radical (unpaired) electrons. The van der Waals surface area contributed by atoms with Crippen LogP contribution < -0.4 is 4.31 Å². The van der Waals surface area contributed by atoms with Crippen molar-refractivity contribution in [1.29, 1.82) is 0 Å². The number of aryl methyl sites for hydroxylation is 2. The average molecular weight is 372 g/mol. The maximum atomic E-state index is 14.0. The Balaban J connectivity index is 2.52. The molecule has 21 heavy (non-hydrogen) atoms. The van der Waals surface area contributed by atoms with Crippen molar-refractivity contribution in [3.05, 3.63) is 57.8 Å². The molecule has 6 heteroatoms. The molecule has 2 aromatic rings. The van der Waals surface area contributed by atoms with Crippen LogP contribution in [0.2, 0.25) is 0 Å². The molecule has 0 saturated heterocycles. The fourth-order valence-corrected chi connectivity index (χ4v) is 3.76. The predicted octanol–water partition coefficient (Wildman–Crippen LogP) is 4.03. The Morgan fingerprint density at radius 1 is 1.10 bits per heavy atom. The lowest BCUT2D eigenvalue weighted by Crippen LogP contribution is -2.28. The minimum atomic E-state index is -3.94. The van der Waals surface area contributed by atoms with E-state index in [1.54, 1.807) is 6.07 Å². The second-order valence-corrected chi connectivity index (χ2v) is 7.69. The molecule has 0 aliphatic heterocycles. The van der Waals surface area contributed by atoms with E-state index < -0.39 is 15.8 Å². The van der Waals surface area contributed by atoms with Gasteiger partial charge >= 0.3 is 0 Å². The number of halogens is 2. The third kappa shape index (κ3) is 3.11. The van der Waals surface area contributed by atoms with Gasteiger partial charge in [0, 0.05) is 11.5 Å². The molecule has 0 saturated carbocycles. The van der Waals surface area contributed by atoms with Crippen molar-refractivity contribution < 1.29 is 12.8 Å². The van der Waals surface area contributed by atoms with Crippen molar-refractivity contribution >= 4 is 31.6 Å². The lowest BCUT2D eigenvalue weighted by molar-refractivity contribution is 0.565. The highest BCUT2D eigenvalue weighted by Crippen LogP contribution is 2.28. The van der Waals surface area contributed by atoms with Crippen LogP contribution in [0.15, 0.2) is 45.8 Å². The summed E-state index contributed by atoms with van der Waals surface area (Å²) in [6, 6.07) is 9.34. The summed E-state index contributed by atoms with van der Waals surface area (Å²) in [6.45, 7) is 3.76. The molecule has 0 N–H and O–H groups in total. The molecule has 0 aliphatic carbocycles. The monoisotopic (exact) mass is 371 g/mol. The predicted molar refractivity (Wildman–Crippen MR) is 85.6 cm³/mol. The third-order valence-electron chi connectivity index (χ3n) is 3.22. The third-order valence-corrected chi connectivity index (χ3v) is 5.52. The lowest BCUT2D eigenvalue weighted by atomic mass is 10.1. The zero-order valence-corrected chi connectivity index (χ0v) is 14.3. The Morgan fingerprint density at radius 3 is 2.33 bits per heavy atom. The zero-order chi connectivity index (χ0) is 15.8. The Hall–Kier alpha value is -1.40. The molecule has 0 fully saturated rings. The Kier molecular flexibility index (Phi) is 4.39. The fraction of sp³-hybridized carbons (Fsp3) is 0.200. The van der Waals surface area contributed by atoms with Gasteiger partial charge in [-0.15, -0.1) is 0 Å². The van der Waals surface area contributed by atoms with Crippen molar-refractivity contribution in [1.82, 2.24) is 0 Å². The van der Waals surface area contributed by atoms with Gasteiger partial charge in [-0.1, -0.05) is 33.6 Å². The number of nitrogens with zero attached hydrogens (tertiary/aromatic N) is 1. The first-order valence-corrected chi connectivity index (χ1v) is 8.48. The summed E-state index contributed by atoms with van der Waals surface area (Å²) in [4.78, 5) is -0.340. The number of sulfonamides is 1. The van der Waals surface area contributed by atoms with E-state index >= 15 is 0 Å². The summed E-state index contributed by atoms with van der Waals surface area (Å²) in [5.41, 5.74) is 2.39. The Labute approximate surface area is 132 Å². The van der Waals surface area contributed by atoms with Crippen LogP contribution in [0.1, 0.15) is 11.1 Å². The van der Waals surface area contributed by atoms with Gasteiger partial charge in [0.1, 0.15) is 10.7 Å². The van der Waals surface area contributed by atoms with Gasteiger partial charge in [0.25, 0.3) is 10.0 Å². The van der Waals surface area contributed by atoms with Crippen molar-refractivity contribution in [2.75, 3.05) is 11.4 Å². The summed E-state index contributed by atoms with van der Waals surface area (Å²) in [7, 11) is -2.51. The van der Waals surface area contributed by atoms with Crippen LogP contribution in [-0.2, 0) is 10.0 Å². The van der Waals surface area contributed by atoms with Crippen LogP contribution in [0.5, 0.6) is 0 Å². The molecule has 2 rings (SSSR count). The molecule has 3 nitrogen and oxygen atoms in total. The van der Waals surface area contributed by atoms with Crippen LogP contribution in [0.25, 0.3) is 0 Å². The molecular weight excluding hydrogens is 357 g/mol. The van der Waals surface area contributed by atoms with E-state index in [1.807, 2.05) is 26.0 Å². The van der Waals surface area contributed by atoms with Crippen LogP contribution in [0, 0.1) is 19.7 Å². The summed E-state index contributed by atoms with van der Waals surface area (Å²) >= 11 is 3.12. The molecule has 0 atom stereocenters. The molecule has 112 valence electrons. The highest BCUT2D eigenvalue weighted by Gasteiger charge is 2.25. The Morgan fingerprint density at radius 2 is 1.76 bits per heavy atom. The van der Waals surface area contributed by atoms with Crippen molar-refractivity contribution in [2.24, 2.45) is 0 Å². The second-order valence-electron chi connectivity index (χ2n) is 4.84. The van der Waals surface area contributed by atoms with E-state index in [1.165, 1.54) is 19.2 Å². The van der Waals surface area contributed by atoms with Gasteiger partial charge < -0.3 is 0 Å². The highest BCUT2D eigenvalue weighted by atomic mass is 79.9. The Bertz CT molecular complexity index is 790. The summed E-state index contributed by atoms with van der Waals surface area (Å²) < 4.78 is 40.7. The molecule has 0 heterocycles. The van der Waals surface area contributed by atoms with Gasteiger partial charge in [-0.25, -0.2) is 12.8 Å². The number of hydrogen-bond donors (Lipinski definition) is 0. The smallest absolute Gasteiger partial charge is 0.266 e. The standard InChI is InChI=1S/C15H15BrFNO2S/c1-10-4-6-14(11(2)8-10)18(3)21(19,20)15-7-5-12(16)9-13(15)17/h4-9H,1-3H3. The summed E-state index contributed by atoms with van der Waals surface area (Å²) in [6.07, 6.45) is 0.